The summed E-state index contributed by atoms with van der Waals surface area (Å²) in [5.41, 5.74) is 1.80. The number of aromatic nitrogens is 1. The normalized spacial score (nSPS) is 10.2. The molecule has 17 heavy (non-hydrogen) atoms. The number of nitrogens with one attached hydrogen (secondary N) is 1. The molecule has 1 aromatic carbocycles. The van der Waals surface area contributed by atoms with Crippen molar-refractivity contribution in [1.29, 1.82) is 0 Å². The number of carbonyl (C=O) groups is 1. The van der Waals surface area contributed by atoms with E-state index in [0.29, 0.717) is 12.1 Å². The first-order valence-electron chi connectivity index (χ1n) is 5.30. The molecule has 0 aliphatic heterocycles. The van der Waals surface area contributed by atoms with Gasteiger partial charge in [0.25, 0.3) is 5.91 Å². The number of aryl methyl sites for hydroxylation is 1. The molecule has 1 heterocycles. The maximum atomic E-state index is 11.9. The van der Waals surface area contributed by atoms with E-state index in [-0.39, 0.29) is 5.91 Å². The van der Waals surface area contributed by atoms with Crippen LogP contribution in [0.15, 0.2) is 42.7 Å². The van der Waals surface area contributed by atoms with Gasteiger partial charge in [-0.25, -0.2) is 0 Å². The maximum Gasteiger partial charge on any atom is 0.251 e. The van der Waals surface area contributed by atoms with E-state index in [9.17, 15) is 4.79 Å². The Labute approximate surface area is 114 Å². The van der Waals surface area contributed by atoms with Crippen LogP contribution in [0.5, 0.6) is 0 Å². The third-order valence-electron chi connectivity index (χ3n) is 2.43. The van der Waals surface area contributed by atoms with Crippen LogP contribution in [0.25, 0.3) is 0 Å². The molecule has 0 unspecified atom stereocenters. The number of amides is 1. The van der Waals surface area contributed by atoms with Gasteiger partial charge in [0.15, 0.2) is 0 Å². The van der Waals surface area contributed by atoms with Crippen LogP contribution in [-0.4, -0.2) is 10.5 Å². The van der Waals surface area contributed by atoms with Crippen LogP contribution in [0.3, 0.4) is 0 Å². The Hall–Kier alpha value is -1.30. The third kappa shape index (κ3) is 3.33. The molecular weight excluding hydrogens is 327 g/mol. The molecule has 0 saturated carbocycles. The van der Waals surface area contributed by atoms with E-state index < -0.39 is 0 Å². The molecule has 0 spiro atoms. The van der Waals surface area contributed by atoms with Gasteiger partial charge in [0.2, 0.25) is 0 Å². The Bertz CT molecular complexity index is 534. The molecule has 0 atom stereocenters. The fourth-order valence-corrected chi connectivity index (χ4v) is 2.12. The van der Waals surface area contributed by atoms with E-state index in [1.807, 2.05) is 54.3 Å². The van der Waals surface area contributed by atoms with Crippen LogP contribution >= 0.6 is 22.6 Å². The van der Waals surface area contributed by atoms with E-state index >= 15 is 0 Å². The van der Waals surface area contributed by atoms with Crippen molar-refractivity contribution in [1.82, 2.24) is 9.88 Å². The molecule has 0 saturated heterocycles. The second-order valence-corrected chi connectivity index (χ2v) is 5.12. The molecule has 0 aliphatic carbocycles. The van der Waals surface area contributed by atoms with Crippen molar-refractivity contribution < 1.29 is 4.79 Å². The lowest BCUT2D eigenvalue weighted by molar-refractivity contribution is 0.0951. The first kappa shape index (κ1) is 12.2. The van der Waals surface area contributed by atoms with Gasteiger partial charge in [0.1, 0.15) is 0 Å². The average molecular weight is 340 g/mol. The summed E-state index contributed by atoms with van der Waals surface area (Å²) in [4.78, 5) is 11.9. The Morgan fingerprint density at radius 3 is 2.88 bits per heavy atom. The fourth-order valence-electron chi connectivity index (χ4n) is 1.58. The van der Waals surface area contributed by atoms with Crippen molar-refractivity contribution >= 4 is 28.5 Å². The van der Waals surface area contributed by atoms with Gasteiger partial charge in [-0.3, -0.25) is 4.79 Å². The Morgan fingerprint density at radius 2 is 2.24 bits per heavy atom. The highest BCUT2D eigenvalue weighted by atomic mass is 127. The number of hydrogen-bond donors (Lipinski definition) is 1. The molecule has 2 aromatic rings. The van der Waals surface area contributed by atoms with Crippen LogP contribution in [0.1, 0.15) is 15.9 Å². The third-order valence-corrected chi connectivity index (χ3v) is 3.10. The largest absolute Gasteiger partial charge is 0.357 e. The molecule has 1 aromatic heterocycles. The van der Waals surface area contributed by atoms with Crippen LogP contribution in [0, 0.1) is 3.57 Å². The van der Waals surface area contributed by atoms with Gasteiger partial charge in [-0.05, 0) is 52.4 Å². The van der Waals surface area contributed by atoms with E-state index in [0.717, 1.165) is 9.13 Å². The number of benzene rings is 1. The number of hydrogen-bond acceptors (Lipinski definition) is 1. The summed E-state index contributed by atoms with van der Waals surface area (Å²) in [7, 11) is 1.96. The molecule has 1 amide bonds. The predicted molar refractivity (Wildman–Crippen MR) is 75.7 cm³/mol. The minimum Gasteiger partial charge on any atom is -0.357 e. The lowest BCUT2D eigenvalue weighted by Crippen LogP contribution is -2.22. The van der Waals surface area contributed by atoms with Crippen molar-refractivity contribution in [2.45, 2.75) is 6.54 Å². The van der Waals surface area contributed by atoms with E-state index in [4.69, 9.17) is 0 Å². The maximum absolute atomic E-state index is 11.9. The quantitative estimate of drug-likeness (QED) is 0.857. The first-order chi connectivity index (χ1) is 8.15. The summed E-state index contributed by atoms with van der Waals surface area (Å²) in [6.07, 6.45) is 3.96. The van der Waals surface area contributed by atoms with Crippen LogP contribution < -0.4 is 5.32 Å². The average Bonchev–Trinajstić information content (AvgIpc) is 2.72. The highest BCUT2D eigenvalue weighted by Gasteiger charge is 2.05. The zero-order valence-corrected chi connectivity index (χ0v) is 11.6. The zero-order chi connectivity index (χ0) is 12.3. The lowest BCUT2D eigenvalue weighted by atomic mass is 10.2. The van der Waals surface area contributed by atoms with Crippen LogP contribution in [0.2, 0.25) is 0 Å². The molecule has 0 bridgehead atoms. The molecule has 88 valence electrons. The van der Waals surface area contributed by atoms with Gasteiger partial charge < -0.3 is 9.88 Å². The van der Waals surface area contributed by atoms with E-state index in [1.165, 1.54) is 0 Å². The topological polar surface area (TPSA) is 34.0 Å². The number of halogens is 1. The Kier molecular flexibility index (Phi) is 3.83. The summed E-state index contributed by atoms with van der Waals surface area (Å²) >= 11 is 2.20. The molecule has 1 N–H and O–H groups in total. The molecule has 0 radical (unpaired) electrons. The molecule has 3 nitrogen and oxygen atoms in total. The van der Waals surface area contributed by atoms with Crippen molar-refractivity contribution in [3.8, 4) is 0 Å². The van der Waals surface area contributed by atoms with Gasteiger partial charge in [0.05, 0.1) is 0 Å². The van der Waals surface area contributed by atoms with E-state index in [2.05, 4.69) is 27.9 Å². The van der Waals surface area contributed by atoms with Crippen LogP contribution in [0.4, 0.5) is 0 Å². The second kappa shape index (κ2) is 5.35. The van der Waals surface area contributed by atoms with Gasteiger partial charge in [-0.15, -0.1) is 0 Å². The number of carbonyl (C=O) groups excluding carboxylic acids is 1. The molecule has 0 aliphatic rings. The number of nitrogens with zero attached hydrogens (tertiary/aromatic N) is 1. The molecular formula is C13H13IN2O. The monoisotopic (exact) mass is 340 g/mol. The highest BCUT2D eigenvalue weighted by Crippen LogP contribution is 2.08. The minimum absolute atomic E-state index is 0.0348. The predicted octanol–water partition coefficient (Wildman–Crippen LogP) is 2.56. The lowest BCUT2D eigenvalue weighted by Gasteiger charge is -2.04. The van der Waals surface area contributed by atoms with Crippen molar-refractivity contribution in [2.75, 3.05) is 0 Å². The van der Waals surface area contributed by atoms with Gasteiger partial charge >= 0.3 is 0 Å². The Morgan fingerprint density at radius 1 is 1.41 bits per heavy atom. The van der Waals surface area contributed by atoms with Crippen molar-refractivity contribution in [3.63, 3.8) is 0 Å². The second-order valence-electron chi connectivity index (χ2n) is 3.88. The molecule has 2 rings (SSSR count). The van der Waals surface area contributed by atoms with Gasteiger partial charge in [-0.2, -0.15) is 0 Å². The van der Waals surface area contributed by atoms with Crippen molar-refractivity contribution in [3.05, 3.63) is 57.4 Å². The highest BCUT2D eigenvalue weighted by molar-refractivity contribution is 14.1. The first-order valence-corrected chi connectivity index (χ1v) is 6.37. The smallest absolute Gasteiger partial charge is 0.251 e. The summed E-state index contributed by atoms with van der Waals surface area (Å²) < 4.78 is 3.03. The summed E-state index contributed by atoms with van der Waals surface area (Å²) in [6, 6.07) is 9.55. The SMILES string of the molecule is Cn1ccc(CNC(=O)c2cccc(I)c2)c1. The summed E-state index contributed by atoms with van der Waals surface area (Å²) in [6.45, 7) is 0.561. The van der Waals surface area contributed by atoms with Crippen molar-refractivity contribution in [2.24, 2.45) is 7.05 Å². The summed E-state index contributed by atoms with van der Waals surface area (Å²) in [5.74, 6) is -0.0348. The molecule has 0 fully saturated rings. The van der Waals surface area contributed by atoms with Gasteiger partial charge in [0, 0.05) is 35.1 Å². The zero-order valence-electron chi connectivity index (χ0n) is 9.48. The Balaban J connectivity index is 1.98. The number of rotatable bonds is 3. The van der Waals surface area contributed by atoms with Crippen LogP contribution in [-0.2, 0) is 13.6 Å². The molecule has 4 heteroatoms. The standard InChI is InChI=1S/C13H13IN2O/c1-16-6-5-10(9-16)8-15-13(17)11-3-2-4-12(14)7-11/h2-7,9H,8H2,1H3,(H,15,17). The van der Waals surface area contributed by atoms with Gasteiger partial charge in [-0.1, -0.05) is 6.07 Å². The fraction of sp³-hybridized carbons (Fsp3) is 0.154. The minimum atomic E-state index is -0.0348. The van der Waals surface area contributed by atoms with E-state index in [1.54, 1.807) is 0 Å². The summed E-state index contributed by atoms with van der Waals surface area (Å²) in [5, 5.41) is 2.90.